The number of rotatable bonds is 6. The maximum absolute atomic E-state index is 10.00. The zero-order valence-electron chi connectivity index (χ0n) is 21.2. The van der Waals surface area contributed by atoms with Gasteiger partial charge in [-0.15, -0.1) is 11.3 Å². The maximum atomic E-state index is 10.00. The van der Waals surface area contributed by atoms with Crippen LogP contribution in [-0.2, 0) is 9.47 Å². The van der Waals surface area contributed by atoms with E-state index < -0.39 is 11.5 Å². The van der Waals surface area contributed by atoms with Crippen molar-refractivity contribution in [2.24, 2.45) is 11.3 Å². The molecule has 1 saturated heterocycles. The predicted molar refractivity (Wildman–Crippen MR) is 137 cm³/mol. The van der Waals surface area contributed by atoms with Crippen molar-refractivity contribution in [2.75, 3.05) is 23.8 Å². The Hall–Kier alpha value is -2.40. The fourth-order valence-electron chi connectivity index (χ4n) is 4.92. The minimum atomic E-state index is -0.800. The normalized spacial score (nSPS) is 25.7. The van der Waals surface area contributed by atoms with Crippen molar-refractivity contribution in [1.29, 1.82) is 0 Å². The van der Waals surface area contributed by atoms with Gasteiger partial charge in [-0.05, 0) is 45.1 Å². The van der Waals surface area contributed by atoms with Gasteiger partial charge in [-0.2, -0.15) is 4.98 Å². The van der Waals surface area contributed by atoms with E-state index in [9.17, 15) is 5.11 Å². The van der Waals surface area contributed by atoms with E-state index in [1.807, 2.05) is 26.8 Å². The van der Waals surface area contributed by atoms with Crippen molar-refractivity contribution in [3.8, 4) is 10.6 Å². The zero-order chi connectivity index (χ0) is 25.0. The number of fused-ring (bicyclic) bond motifs is 2. The van der Waals surface area contributed by atoms with Crippen LogP contribution in [0, 0.1) is 18.3 Å². The third-order valence-electron chi connectivity index (χ3n) is 6.45. The van der Waals surface area contributed by atoms with Crippen LogP contribution in [0.3, 0.4) is 0 Å². The number of thiazole rings is 1. The topological polar surface area (TPSA) is 114 Å². The van der Waals surface area contributed by atoms with Crippen LogP contribution in [0.15, 0.2) is 18.5 Å². The van der Waals surface area contributed by atoms with Crippen LogP contribution in [0.1, 0.15) is 53.2 Å². The summed E-state index contributed by atoms with van der Waals surface area (Å²) < 4.78 is 13.8. The van der Waals surface area contributed by atoms with E-state index in [-0.39, 0.29) is 24.0 Å². The molecular formula is C25H34N6O3S. The zero-order valence-corrected chi connectivity index (χ0v) is 22.0. The molecule has 35 heavy (non-hydrogen) atoms. The molecule has 0 bridgehead atoms. The van der Waals surface area contributed by atoms with Crippen molar-refractivity contribution in [1.82, 2.24) is 19.9 Å². The fourth-order valence-corrected chi connectivity index (χ4v) is 5.95. The highest BCUT2D eigenvalue weighted by Gasteiger charge is 2.60. The molecule has 1 aliphatic carbocycles. The average molecular weight is 499 g/mol. The number of aliphatic hydroxyl groups excluding tert-OH is 1. The van der Waals surface area contributed by atoms with E-state index in [1.165, 1.54) is 0 Å². The van der Waals surface area contributed by atoms with Gasteiger partial charge >= 0.3 is 0 Å². The number of aliphatic hydroxyl groups is 1. The Balaban J connectivity index is 1.60. The second kappa shape index (κ2) is 8.62. The van der Waals surface area contributed by atoms with Gasteiger partial charge in [0.15, 0.2) is 11.5 Å². The molecule has 10 heteroatoms. The summed E-state index contributed by atoms with van der Waals surface area (Å²) in [6.07, 6.45) is 4.74. The lowest BCUT2D eigenvalue weighted by Gasteiger charge is -2.31. The molecule has 3 aromatic rings. The van der Waals surface area contributed by atoms with Gasteiger partial charge in [-0.3, -0.25) is 4.98 Å². The highest BCUT2D eigenvalue weighted by Crippen LogP contribution is 2.50. The molecule has 3 N–H and O–H groups in total. The van der Waals surface area contributed by atoms with Gasteiger partial charge < -0.3 is 25.2 Å². The molecule has 0 amide bonds. The number of nitrogens with one attached hydrogen (secondary N) is 2. The Bertz CT molecular complexity index is 1210. The van der Waals surface area contributed by atoms with Crippen molar-refractivity contribution in [2.45, 2.75) is 72.0 Å². The van der Waals surface area contributed by atoms with Gasteiger partial charge in [0.05, 0.1) is 22.2 Å². The molecule has 0 spiro atoms. The number of aromatic nitrogens is 4. The smallest absolute Gasteiger partial charge is 0.224 e. The van der Waals surface area contributed by atoms with Crippen LogP contribution in [0.4, 0.5) is 11.8 Å². The lowest BCUT2D eigenvalue weighted by atomic mass is 9.97. The summed E-state index contributed by atoms with van der Waals surface area (Å²) in [6, 6.07) is 1.97. The first-order valence-electron chi connectivity index (χ1n) is 12.1. The van der Waals surface area contributed by atoms with Crippen molar-refractivity contribution >= 4 is 33.3 Å². The highest BCUT2D eigenvalue weighted by molar-refractivity contribution is 7.21. The lowest BCUT2D eigenvalue weighted by Crippen LogP contribution is -2.46. The standard InChI is InChI=1S/C25H34N6O3S/c1-14-18(21-29-16-11-26-10-8-17(16)35-21)20(30-22(28-14)27-13-23(2,3)4)31-25-9-7-15(12-32)19(25)33-24(5,6)34-25/h8,10-11,15,19,32H,7,9,12-13H2,1-6H3,(H2,27,28,30,31). The van der Waals surface area contributed by atoms with E-state index in [4.69, 9.17) is 24.4 Å². The quantitative estimate of drug-likeness (QED) is 0.449. The van der Waals surface area contributed by atoms with Gasteiger partial charge in [0.25, 0.3) is 0 Å². The van der Waals surface area contributed by atoms with E-state index in [0.717, 1.165) is 39.4 Å². The monoisotopic (exact) mass is 498 g/mol. The van der Waals surface area contributed by atoms with Gasteiger partial charge in [-0.25, -0.2) is 9.97 Å². The minimum absolute atomic E-state index is 0.0114. The van der Waals surface area contributed by atoms with Gasteiger partial charge in [0.1, 0.15) is 22.4 Å². The number of aryl methyl sites for hydroxylation is 1. The number of nitrogens with zero attached hydrogens (tertiary/aromatic N) is 4. The summed E-state index contributed by atoms with van der Waals surface area (Å²) in [5, 5.41) is 17.8. The third kappa shape index (κ3) is 4.72. The molecule has 1 aliphatic heterocycles. The van der Waals surface area contributed by atoms with E-state index in [2.05, 4.69) is 36.4 Å². The number of hydrogen-bond donors (Lipinski definition) is 3. The number of ether oxygens (including phenoxy) is 2. The molecule has 188 valence electrons. The van der Waals surface area contributed by atoms with Gasteiger partial charge in [0, 0.05) is 25.3 Å². The summed E-state index contributed by atoms with van der Waals surface area (Å²) in [5.74, 6) is 0.408. The number of anilines is 2. The van der Waals surface area contributed by atoms with Crippen LogP contribution < -0.4 is 10.6 Å². The molecule has 3 unspecified atom stereocenters. The van der Waals surface area contributed by atoms with Crippen molar-refractivity contribution < 1.29 is 14.6 Å². The maximum Gasteiger partial charge on any atom is 0.224 e. The third-order valence-corrected chi connectivity index (χ3v) is 7.50. The molecule has 2 aliphatic rings. The highest BCUT2D eigenvalue weighted by atomic mass is 32.1. The van der Waals surface area contributed by atoms with E-state index in [1.54, 1.807) is 23.7 Å². The van der Waals surface area contributed by atoms with Crippen LogP contribution >= 0.6 is 11.3 Å². The number of hydrogen-bond acceptors (Lipinski definition) is 10. The van der Waals surface area contributed by atoms with Crippen LogP contribution in [0.25, 0.3) is 20.8 Å². The molecule has 3 aromatic heterocycles. The minimum Gasteiger partial charge on any atom is -0.396 e. The summed E-state index contributed by atoms with van der Waals surface area (Å²) in [4.78, 5) is 18.8. The molecule has 0 radical (unpaired) electrons. The first-order valence-corrected chi connectivity index (χ1v) is 12.9. The first kappa shape index (κ1) is 24.3. The summed E-state index contributed by atoms with van der Waals surface area (Å²) in [7, 11) is 0. The molecule has 0 aromatic carbocycles. The molecule has 4 heterocycles. The summed E-state index contributed by atoms with van der Waals surface area (Å²) >= 11 is 1.58. The van der Waals surface area contributed by atoms with Crippen LogP contribution in [0.5, 0.6) is 0 Å². The van der Waals surface area contributed by atoms with Gasteiger partial charge in [0.2, 0.25) is 5.95 Å². The molecule has 1 saturated carbocycles. The van der Waals surface area contributed by atoms with E-state index >= 15 is 0 Å². The molecule has 2 fully saturated rings. The van der Waals surface area contributed by atoms with Crippen LogP contribution in [-0.4, -0.2) is 55.8 Å². The SMILES string of the molecule is Cc1nc(NCC(C)(C)C)nc(NC23CCC(CO)C2OC(C)(C)O3)c1-c1nc2cnccc2s1. The Kier molecular flexibility index (Phi) is 5.98. The Morgan fingerprint density at radius 2 is 2.03 bits per heavy atom. The fraction of sp³-hybridized carbons (Fsp3) is 0.600. The van der Waals surface area contributed by atoms with Gasteiger partial charge in [-0.1, -0.05) is 20.8 Å². The largest absolute Gasteiger partial charge is 0.396 e. The van der Waals surface area contributed by atoms with E-state index in [0.29, 0.717) is 18.2 Å². The lowest BCUT2D eigenvalue weighted by molar-refractivity contribution is -0.168. The second-order valence-electron chi connectivity index (χ2n) is 11.2. The summed E-state index contributed by atoms with van der Waals surface area (Å²) in [6.45, 7) is 13.1. The Labute approximate surface area is 209 Å². The van der Waals surface area contributed by atoms with Crippen molar-refractivity contribution in [3.63, 3.8) is 0 Å². The Morgan fingerprint density at radius 1 is 1.23 bits per heavy atom. The summed E-state index contributed by atoms with van der Waals surface area (Å²) in [5.41, 5.74) is 1.76. The Morgan fingerprint density at radius 3 is 2.74 bits per heavy atom. The second-order valence-corrected chi connectivity index (χ2v) is 12.2. The molecule has 3 atom stereocenters. The van der Waals surface area contributed by atoms with Crippen LogP contribution in [0.2, 0.25) is 0 Å². The molecular weight excluding hydrogens is 464 g/mol. The van der Waals surface area contributed by atoms with Crippen molar-refractivity contribution in [3.05, 3.63) is 24.2 Å². The number of pyridine rings is 1. The first-order chi connectivity index (χ1) is 16.5. The predicted octanol–water partition coefficient (Wildman–Crippen LogP) is 4.58. The molecule has 5 rings (SSSR count). The average Bonchev–Trinajstić information content (AvgIpc) is 3.39. The molecule has 9 nitrogen and oxygen atoms in total.